The molecule has 3 rings (SSSR count). The Balaban J connectivity index is 2.14. The zero-order valence-corrected chi connectivity index (χ0v) is 11.4. The minimum absolute atomic E-state index is 0.402. The standard InChI is InChI=1S/C13H17ClN4/c1-7-3-4-11(8(7)2)18-12-10(17-13(18)15)5-9(14)6-16-12/h5-8,11H,3-4H2,1-2H3,(H2,15,17). The molecular formula is C13H17ClN4. The molecule has 2 N–H and O–H groups in total. The molecule has 1 saturated carbocycles. The van der Waals surface area contributed by atoms with Gasteiger partial charge in [0.15, 0.2) is 5.65 Å². The van der Waals surface area contributed by atoms with Gasteiger partial charge in [-0.2, -0.15) is 0 Å². The van der Waals surface area contributed by atoms with Crippen LogP contribution in [0.1, 0.15) is 32.7 Å². The van der Waals surface area contributed by atoms with E-state index in [-0.39, 0.29) is 0 Å². The molecular weight excluding hydrogens is 248 g/mol. The number of fused-ring (bicyclic) bond motifs is 1. The van der Waals surface area contributed by atoms with Crippen molar-refractivity contribution in [2.75, 3.05) is 5.73 Å². The van der Waals surface area contributed by atoms with Gasteiger partial charge < -0.3 is 5.73 Å². The van der Waals surface area contributed by atoms with Crippen LogP contribution >= 0.6 is 11.6 Å². The second-order valence-corrected chi connectivity index (χ2v) is 5.75. The van der Waals surface area contributed by atoms with Gasteiger partial charge in [-0.1, -0.05) is 25.4 Å². The number of nitrogens with zero attached hydrogens (tertiary/aromatic N) is 3. The highest BCUT2D eigenvalue weighted by molar-refractivity contribution is 6.31. The summed E-state index contributed by atoms with van der Waals surface area (Å²) in [7, 11) is 0. The van der Waals surface area contributed by atoms with Crippen molar-refractivity contribution in [2.24, 2.45) is 11.8 Å². The summed E-state index contributed by atoms with van der Waals surface area (Å²) in [6.07, 6.45) is 4.03. The number of hydrogen-bond donors (Lipinski definition) is 1. The van der Waals surface area contributed by atoms with Crippen molar-refractivity contribution in [1.82, 2.24) is 14.5 Å². The van der Waals surface area contributed by atoms with Gasteiger partial charge in [0.1, 0.15) is 5.52 Å². The Morgan fingerprint density at radius 3 is 2.83 bits per heavy atom. The van der Waals surface area contributed by atoms with Crippen LogP contribution in [0.4, 0.5) is 5.95 Å². The lowest BCUT2D eigenvalue weighted by Crippen LogP contribution is -2.16. The molecule has 0 bridgehead atoms. The quantitative estimate of drug-likeness (QED) is 0.860. The molecule has 0 aliphatic heterocycles. The third-order valence-electron chi connectivity index (χ3n) is 4.28. The van der Waals surface area contributed by atoms with Gasteiger partial charge in [0.25, 0.3) is 0 Å². The predicted molar refractivity (Wildman–Crippen MR) is 73.5 cm³/mol. The molecule has 1 aliphatic carbocycles. The minimum atomic E-state index is 0.402. The van der Waals surface area contributed by atoms with Gasteiger partial charge >= 0.3 is 0 Å². The van der Waals surface area contributed by atoms with Crippen LogP contribution in [0.5, 0.6) is 0 Å². The SMILES string of the molecule is CC1CCC(n2c(N)nc3cc(Cl)cnc32)C1C. The van der Waals surface area contributed by atoms with Gasteiger partial charge in [0.05, 0.1) is 5.02 Å². The number of anilines is 1. The summed E-state index contributed by atoms with van der Waals surface area (Å²) in [5.74, 6) is 1.87. The van der Waals surface area contributed by atoms with Gasteiger partial charge in [0, 0.05) is 12.2 Å². The molecule has 5 heteroatoms. The number of rotatable bonds is 1. The van der Waals surface area contributed by atoms with Crippen LogP contribution in [-0.4, -0.2) is 14.5 Å². The molecule has 4 nitrogen and oxygen atoms in total. The Morgan fingerprint density at radius 1 is 1.39 bits per heavy atom. The smallest absolute Gasteiger partial charge is 0.202 e. The number of halogens is 1. The van der Waals surface area contributed by atoms with Gasteiger partial charge in [-0.05, 0) is 30.7 Å². The fraction of sp³-hybridized carbons (Fsp3) is 0.538. The average Bonchev–Trinajstić information content (AvgIpc) is 2.80. The molecule has 0 radical (unpaired) electrons. The van der Waals surface area contributed by atoms with E-state index in [4.69, 9.17) is 17.3 Å². The predicted octanol–water partition coefficient (Wildman–Crippen LogP) is 3.27. The van der Waals surface area contributed by atoms with Crippen LogP contribution in [0.3, 0.4) is 0 Å². The zero-order chi connectivity index (χ0) is 12.9. The Labute approximate surface area is 111 Å². The molecule has 2 aromatic heterocycles. The monoisotopic (exact) mass is 264 g/mol. The first-order valence-electron chi connectivity index (χ1n) is 6.37. The molecule has 3 atom stereocenters. The van der Waals surface area contributed by atoms with Crippen LogP contribution < -0.4 is 5.73 Å². The van der Waals surface area contributed by atoms with Gasteiger partial charge in [-0.15, -0.1) is 0 Å². The van der Waals surface area contributed by atoms with Gasteiger partial charge in [-0.25, -0.2) is 9.97 Å². The first kappa shape index (κ1) is 11.8. The number of hydrogen-bond acceptors (Lipinski definition) is 3. The van der Waals surface area contributed by atoms with Crippen LogP contribution in [0.2, 0.25) is 5.02 Å². The first-order chi connectivity index (χ1) is 8.58. The molecule has 96 valence electrons. The van der Waals surface area contributed by atoms with Crippen molar-refractivity contribution in [3.05, 3.63) is 17.3 Å². The molecule has 0 amide bonds. The molecule has 0 saturated heterocycles. The first-order valence-corrected chi connectivity index (χ1v) is 6.74. The minimum Gasteiger partial charge on any atom is -0.369 e. The van der Waals surface area contributed by atoms with Crippen LogP contribution in [0.15, 0.2) is 12.3 Å². The van der Waals surface area contributed by atoms with E-state index in [1.165, 1.54) is 6.42 Å². The van der Waals surface area contributed by atoms with Crippen LogP contribution in [0.25, 0.3) is 11.2 Å². The van der Waals surface area contributed by atoms with E-state index < -0.39 is 0 Å². The number of pyridine rings is 1. The summed E-state index contributed by atoms with van der Waals surface area (Å²) in [5.41, 5.74) is 7.69. The topological polar surface area (TPSA) is 56.7 Å². The molecule has 2 heterocycles. The molecule has 1 fully saturated rings. The van der Waals surface area contributed by atoms with Crippen molar-refractivity contribution in [3.63, 3.8) is 0 Å². The Morgan fingerprint density at radius 2 is 2.17 bits per heavy atom. The molecule has 18 heavy (non-hydrogen) atoms. The van der Waals surface area contributed by atoms with Gasteiger partial charge in [0.2, 0.25) is 5.95 Å². The third kappa shape index (κ3) is 1.67. The van der Waals surface area contributed by atoms with E-state index >= 15 is 0 Å². The molecule has 2 aromatic rings. The van der Waals surface area contributed by atoms with E-state index in [1.807, 2.05) is 6.07 Å². The normalized spacial score (nSPS) is 28.1. The third-order valence-corrected chi connectivity index (χ3v) is 4.48. The second kappa shape index (κ2) is 4.12. The van der Waals surface area contributed by atoms with Gasteiger partial charge in [-0.3, -0.25) is 4.57 Å². The Bertz CT molecular complexity index is 592. The fourth-order valence-electron chi connectivity index (χ4n) is 3.00. The zero-order valence-electron chi connectivity index (χ0n) is 10.6. The van der Waals surface area contributed by atoms with Crippen LogP contribution in [-0.2, 0) is 0 Å². The van der Waals surface area contributed by atoms with Crippen molar-refractivity contribution < 1.29 is 0 Å². The summed E-state index contributed by atoms with van der Waals surface area (Å²) in [4.78, 5) is 8.77. The van der Waals surface area contributed by atoms with Crippen LogP contribution in [0, 0.1) is 11.8 Å². The van der Waals surface area contributed by atoms with Crippen molar-refractivity contribution in [1.29, 1.82) is 0 Å². The number of nitrogens with two attached hydrogens (primary N) is 1. The van der Waals surface area contributed by atoms with Crippen molar-refractivity contribution >= 4 is 28.7 Å². The van der Waals surface area contributed by atoms with E-state index in [1.54, 1.807) is 6.20 Å². The summed E-state index contributed by atoms with van der Waals surface area (Å²) >= 11 is 5.94. The molecule has 3 unspecified atom stereocenters. The lowest BCUT2D eigenvalue weighted by Gasteiger charge is -2.21. The van der Waals surface area contributed by atoms with E-state index in [0.29, 0.717) is 22.9 Å². The average molecular weight is 265 g/mol. The summed E-state index contributed by atoms with van der Waals surface area (Å²) in [6.45, 7) is 4.58. The summed E-state index contributed by atoms with van der Waals surface area (Å²) in [6, 6.07) is 2.22. The molecule has 0 spiro atoms. The Hall–Kier alpha value is -1.29. The maximum atomic E-state index is 6.06. The van der Waals surface area contributed by atoms with Crippen molar-refractivity contribution in [2.45, 2.75) is 32.7 Å². The molecule has 1 aliphatic rings. The second-order valence-electron chi connectivity index (χ2n) is 5.32. The number of nitrogen functional groups attached to an aromatic ring is 1. The largest absolute Gasteiger partial charge is 0.369 e. The van der Waals surface area contributed by atoms with Crippen molar-refractivity contribution in [3.8, 4) is 0 Å². The highest BCUT2D eigenvalue weighted by Gasteiger charge is 2.33. The molecule has 0 aromatic carbocycles. The number of aromatic nitrogens is 3. The highest BCUT2D eigenvalue weighted by atomic mass is 35.5. The lowest BCUT2D eigenvalue weighted by atomic mass is 9.98. The maximum Gasteiger partial charge on any atom is 0.202 e. The number of imidazole rings is 1. The van der Waals surface area contributed by atoms with E-state index in [2.05, 4.69) is 28.4 Å². The Kier molecular flexibility index (Phi) is 2.70. The fourth-order valence-corrected chi connectivity index (χ4v) is 3.16. The maximum absolute atomic E-state index is 6.06. The highest BCUT2D eigenvalue weighted by Crippen LogP contribution is 2.42. The summed E-state index contributed by atoms with van der Waals surface area (Å²) in [5, 5.41) is 0.597. The summed E-state index contributed by atoms with van der Waals surface area (Å²) < 4.78 is 2.08. The van der Waals surface area contributed by atoms with E-state index in [9.17, 15) is 0 Å². The van der Waals surface area contributed by atoms with E-state index in [0.717, 1.165) is 23.5 Å². The lowest BCUT2D eigenvalue weighted by molar-refractivity contribution is 0.360.